The maximum absolute atomic E-state index is 13.1. The van der Waals surface area contributed by atoms with Crippen molar-refractivity contribution in [3.63, 3.8) is 0 Å². The van der Waals surface area contributed by atoms with Crippen molar-refractivity contribution in [3.05, 3.63) is 55.5 Å². The molecule has 0 aliphatic carbocycles. The molecule has 188 valence electrons. The summed E-state index contributed by atoms with van der Waals surface area (Å²) < 4.78 is 17.8. The van der Waals surface area contributed by atoms with Gasteiger partial charge in [-0.15, -0.1) is 0 Å². The Morgan fingerprint density at radius 3 is 2.54 bits per heavy atom. The Morgan fingerprint density at radius 1 is 1.14 bits per heavy atom. The molecule has 2 fully saturated rings. The summed E-state index contributed by atoms with van der Waals surface area (Å²) >= 11 is 6.50. The van der Waals surface area contributed by atoms with E-state index in [-0.39, 0.29) is 24.1 Å². The van der Waals surface area contributed by atoms with Crippen molar-refractivity contribution < 1.29 is 19.0 Å². The van der Waals surface area contributed by atoms with Crippen molar-refractivity contribution in [2.75, 3.05) is 32.9 Å². The minimum atomic E-state index is -0.312. The third-order valence-corrected chi connectivity index (χ3v) is 7.78. The first kappa shape index (κ1) is 24.2. The molecule has 0 saturated carbocycles. The van der Waals surface area contributed by atoms with E-state index < -0.39 is 0 Å². The predicted octanol–water partition coefficient (Wildman–Crippen LogP) is 3.13. The first-order valence-electron chi connectivity index (χ1n) is 12.2. The molecule has 4 heterocycles. The van der Waals surface area contributed by atoms with Gasteiger partial charge in [0.25, 0.3) is 11.5 Å². The maximum Gasteiger partial charge on any atom is 0.253 e. The van der Waals surface area contributed by atoms with E-state index in [0.717, 1.165) is 50.4 Å². The summed E-state index contributed by atoms with van der Waals surface area (Å²) in [5.74, 6) is 1.10. The summed E-state index contributed by atoms with van der Waals surface area (Å²) in [4.78, 5) is 30.7. The number of hydrogen-bond acceptors (Lipinski definition) is 6. The van der Waals surface area contributed by atoms with Crippen LogP contribution in [-0.2, 0) is 11.3 Å². The summed E-state index contributed by atoms with van der Waals surface area (Å²) in [5, 5.41) is 3.21. The first-order chi connectivity index (χ1) is 16.8. The topological polar surface area (TPSA) is 92.9 Å². The average Bonchev–Trinajstić information content (AvgIpc) is 2.79. The third-order valence-electron chi connectivity index (χ3n) is 7.50. The van der Waals surface area contributed by atoms with Gasteiger partial charge in [-0.05, 0) is 64.4 Å². The zero-order valence-electron chi connectivity index (χ0n) is 20.4. The van der Waals surface area contributed by atoms with Gasteiger partial charge in [-0.25, -0.2) is 0 Å². The van der Waals surface area contributed by atoms with E-state index >= 15 is 0 Å². The molecule has 0 spiro atoms. The van der Waals surface area contributed by atoms with Crippen LogP contribution in [0, 0.1) is 26.7 Å². The normalized spacial score (nSPS) is 21.0. The Labute approximate surface area is 209 Å². The fraction of sp³-hybridized carbons (Fsp3) is 0.538. The number of fused-ring (bicyclic) bond motifs is 1. The van der Waals surface area contributed by atoms with Crippen LogP contribution in [0.4, 0.5) is 0 Å². The van der Waals surface area contributed by atoms with Gasteiger partial charge >= 0.3 is 0 Å². The molecule has 3 aliphatic heterocycles. The van der Waals surface area contributed by atoms with Crippen molar-refractivity contribution in [1.82, 2.24) is 15.2 Å². The van der Waals surface area contributed by atoms with Crippen LogP contribution in [0.2, 0.25) is 5.02 Å². The lowest BCUT2D eigenvalue weighted by Gasteiger charge is -2.43. The fourth-order valence-corrected chi connectivity index (χ4v) is 5.50. The average molecular weight is 502 g/mol. The monoisotopic (exact) mass is 501 g/mol. The summed E-state index contributed by atoms with van der Waals surface area (Å²) in [6.07, 6.45) is 2.00. The minimum absolute atomic E-state index is 0.0795. The van der Waals surface area contributed by atoms with E-state index in [4.69, 9.17) is 25.8 Å². The molecule has 0 radical (unpaired) electrons. The number of ether oxygens (including phenoxy) is 3. The van der Waals surface area contributed by atoms with Gasteiger partial charge in [0.1, 0.15) is 12.7 Å². The van der Waals surface area contributed by atoms with Crippen molar-refractivity contribution in [2.45, 2.75) is 52.3 Å². The van der Waals surface area contributed by atoms with Crippen LogP contribution in [0.5, 0.6) is 11.5 Å². The van der Waals surface area contributed by atoms with Crippen molar-refractivity contribution in [2.24, 2.45) is 5.92 Å². The van der Waals surface area contributed by atoms with Gasteiger partial charge in [-0.2, -0.15) is 0 Å². The van der Waals surface area contributed by atoms with Gasteiger partial charge in [0, 0.05) is 34.8 Å². The molecule has 8 nitrogen and oxygen atoms in total. The number of piperidine rings is 1. The second kappa shape index (κ2) is 9.84. The Kier molecular flexibility index (Phi) is 6.79. The molecule has 1 atom stereocenters. The molecule has 5 rings (SSSR count). The predicted molar refractivity (Wildman–Crippen MR) is 133 cm³/mol. The first-order valence-corrected chi connectivity index (χ1v) is 12.6. The Bertz CT molecular complexity index is 1180. The van der Waals surface area contributed by atoms with Crippen LogP contribution in [0.3, 0.4) is 0 Å². The van der Waals surface area contributed by atoms with Gasteiger partial charge in [-0.1, -0.05) is 11.6 Å². The molecule has 2 N–H and O–H groups in total. The SMILES string of the molecule is Cc1cc(C)c(CNC(=O)c2cc(Cl)c3c(c2C)OC(C2CCN(C4COC4)CC2)CO3)c(=O)[nH]1. The zero-order chi connectivity index (χ0) is 24.7. The quantitative estimate of drug-likeness (QED) is 0.654. The van der Waals surface area contributed by atoms with Crippen LogP contribution >= 0.6 is 11.6 Å². The number of nitrogens with zero attached hydrogens (tertiary/aromatic N) is 1. The standard InChI is InChI=1S/C26H32ClN3O5/c1-14-8-15(2)29-26(32)20(14)10-28-25(31)19-9-21(27)24-23(16(19)3)35-22(13-34-24)17-4-6-30(7-5-17)18-11-33-12-18/h8-9,17-18,22H,4-7,10-13H2,1-3H3,(H,28,31)(H,29,32). The summed E-state index contributed by atoms with van der Waals surface area (Å²) in [5.41, 5.74) is 3.06. The Hall–Kier alpha value is -2.55. The number of nitrogens with one attached hydrogen (secondary N) is 2. The fourth-order valence-electron chi connectivity index (χ4n) is 5.25. The number of aryl methyl sites for hydroxylation is 2. The number of carbonyl (C=O) groups excluding carboxylic acids is 1. The lowest BCUT2D eigenvalue weighted by Crippen LogP contribution is -2.53. The molecule has 1 amide bonds. The number of rotatable bonds is 5. The second-order valence-corrected chi connectivity index (χ2v) is 10.3. The van der Waals surface area contributed by atoms with Crippen molar-refractivity contribution in [1.29, 1.82) is 0 Å². The molecule has 2 saturated heterocycles. The van der Waals surface area contributed by atoms with Crippen molar-refractivity contribution >= 4 is 17.5 Å². The highest BCUT2D eigenvalue weighted by Crippen LogP contribution is 2.44. The van der Waals surface area contributed by atoms with Gasteiger partial charge in [-0.3, -0.25) is 14.5 Å². The van der Waals surface area contributed by atoms with E-state index in [9.17, 15) is 9.59 Å². The summed E-state index contributed by atoms with van der Waals surface area (Å²) in [6, 6.07) is 4.06. The van der Waals surface area contributed by atoms with Gasteiger partial charge in [0.2, 0.25) is 0 Å². The Morgan fingerprint density at radius 2 is 1.89 bits per heavy atom. The van der Waals surface area contributed by atoms with Crippen LogP contribution in [0.25, 0.3) is 0 Å². The molecule has 2 aromatic rings. The zero-order valence-corrected chi connectivity index (χ0v) is 21.2. The molecule has 0 bridgehead atoms. The highest BCUT2D eigenvalue weighted by molar-refractivity contribution is 6.32. The molecule has 35 heavy (non-hydrogen) atoms. The van der Waals surface area contributed by atoms with Crippen molar-refractivity contribution in [3.8, 4) is 11.5 Å². The maximum atomic E-state index is 13.1. The smallest absolute Gasteiger partial charge is 0.253 e. The number of benzene rings is 1. The highest BCUT2D eigenvalue weighted by Gasteiger charge is 2.36. The van der Waals surface area contributed by atoms with Gasteiger partial charge in [0.15, 0.2) is 11.5 Å². The van der Waals surface area contributed by atoms with E-state index in [1.165, 1.54) is 0 Å². The highest BCUT2D eigenvalue weighted by atomic mass is 35.5. The number of H-pyrrole nitrogens is 1. The summed E-state index contributed by atoms with van der Waals surface area (Å²) in [7, 11) is 0. The van der Waals surface area contributed by atoms with Crippen LogP contribution in [0.1, 0.15) is 45.6 Å². The number of carbonyl (C=O) groups is 1. The number of aromatic amines is 1. The Balaban J connectivity index is 1.29. The number of halogens is 1. The van der Waals surface area contributed by atoms with Crippen LogP contribution < -0.4 is 20.3 Å². The second-order valence-electron chi connectivity index (χ2n) is 9.85. The van der Waals surface area contributed by atoms with E-state index in [1.54, 1.807) is 6.07 Å². The largest absolute Gasteiger partial charge is 0.484 e. The van der Waals surface area contributed by atoms with Gasteiger partial charge < -0.3 is 24.5 Å². The third kappa shape index (κ3) is 4.79. The number of aromatic nitrogens is 1. The molecular weight excluding hydrogens is 470 g/mol. The lowest BCUT2D eigenvalue weighted by atomic mass is 9.90. The van der Waals surface area contributed by atoms with Gasteiger partial charge in [0.05, 0.1) is 24.3 Å². The molecule has 3 aliphatic rings. The van der Waals surface area contributed by atoms with Crippen LogP contribution in [-0.4, -0.2) is 60.8 Å². The van der Waals surface area contributed by atoms with E-state index in [2.05, 4.69) is 15.2 Å². The number of amides is 1. The van der Waals surface area contributed by atoms with E-state index in [1.807, 2.05) is 26.8 Å². The van der Waals surface area contributed by atoms with E-state index in [0.29, 0.717) is 51.8 Å². The number of hydrogen-bond donors (Lipinski definition) is 2. The molecule has 9 heteroatoms. The molecular formula is C26H32ClN3O5. The number of likely N-dealkylation sites (tertiary alicyclic amines) is 1. The molecule has 1 unspecified atom stereocenters. The van der Waals surface area contributed by atoms with Crippen LogP contribution in [0.15, 0.2) is 16.9 Å². The molecule has 1 aromatic carbocycles. The number of pyridine rings is 1. The minimum Gasteiger partial charge on any atom is -0.484 e. The molecule has 1 aromatic heterocycles. The summed E-state index contributed by atoms with van der Waals surface area (Å²) in [6.45, 7) is 9.85. The lowest BCUT2D eigenvalue weighted by molar-refractivity contribution is -0.0807.